The number of rotatable bonds is 7. The summed E-state index contributed by atoms with van der Waals surface area (Å²) in [5.41, 5.74) is -0.0511. The highest BCUT2D eigenvalue weighted by Gasteiger charge is 2.60. The van der Waals surface area contributed by atoms with Crippen LogP contribution < -0.4 is 0 Å². The lowest BCUT2D eigenvalue weighted by Crippen LogP contribution is -2.36. The number of aryl methyl sites for hydroxylation is 1. The van der Waals surface area contributed by atoms with Crippen LogP contribution in [0.5, 0.6) is 0 Å². The quantitative estimate of drug-likeness (QED) is 0.432. The van der Waals surface area contributed by atoms with Crippen molar-refractivity contribution in [2.45, 2.75) is 37.5 Å². The molecule has 104 valence electrons. The molecule has 1 aliphatic rings. The average molecular weight is 266 g/mol. The molecule has 1 saturated heterocycles. The minimum Gasteiger partial charge on any atom is -0.467 e. The van der Waals surface area contributed by atoms with Crippen molar-refractivity contribution in [3.63, 3.8) is 0 Å². The Kier molecular flexibility index (Phi) is 4.53. The fourth-order valence-electron chi connectivity index (χ4n) is 2.21. The van der Waals surface area contributed by atoms with E-state index in [2.05, 4.69) is 16.9 Å². The smallest absolute Gasteiger partial charge is 0.343 e. The Labute approximate surface area is 112 Å². The largest absolute Gasteiger partial charge is 0.467 e. The van der Waals surface area contributed by atoms with Crippen molar-refractivity contribution in [3.05, 3.63) is 35.9 Å². The summed E-state index contributed by atoms with van der Waals surface area (Å²) in [4.78, 5) is 11.4. The summed E-state index contributed by atoms with van der Waals surface area (Å²) in [5, 5.41) is 0. The molecule has 1 fully saturated rings. The van der Waals surface area contributed by atoms with Gasteiger partial charge in [-0.1, -0.05) is 36.8 Å². The molecule has 0 bridgehead atoms. The van der Waals surface area contributed by atoms with E-state index in [1.165, 1.54) is 12.7 Å². The van der Waals surface area contributed by atoms with Gasteiger partial charge in [0.15, 0.2) is 0 Å². The Bertz CT molecular complexity index is 415. The number of esters is 1. The van der Waals surface area contributed by atoms with Crippen LogP contribution in [0.25, 0.3) is 0 Å². The first-order valence-corrected chi connectivity index (χ1v) is 6.59. The van der Waals surface area contributed by atoms with Crippen molar-refractivity contribution in [2.24, 2.45) is 0 Å². The van der Waals surface area contributed by atoms with Gasteiger partial charge in [-0.25, -0.2) is 9.18 Å². The van der Waals surface area contributed by atoms with Gasteiger partial charge in [0.1, 0.15) is 6.17 Å². The summed E-state index contributed by atoms with van der Waals surface area (Å²) in [6.07, 6.45) is 1.64. The number of hydrogen-bond acceptors (Lipinski definition) is 3. The SMILES string of the molecule is COC(=O)C1(C(F)CCCCc2ccccc2)CO1. The molecule has 0 spiro atoms. The third-order valence-electron chi connectivity index (χ3n) is 3.51. The van der Waals surface area contributed by atoms with E-state index < -0.39 is 17.7 Å². The van der Waals surface area contributed by atoms with Crippen molar-refractivity contribution in [1.82, 2.24) is 0 Å². The standard InChI is InChI=1S/C15H19FO3/c1-18-14(17)15(11-19-15)13(16)10-6-5-9-12-7-3-2-4-8-12/h2-4,7-8,13H,5-6,9-11H2,1H3. The molecule has 0 amide bonds. The molecular weight excluding hydrogens is 247 g/mol. The number of methoxy groups -OCH3 is 1. The van der Waals surface area contributed by atoms with Crippen LogP contribution in [0, 0.1) is 0 Å². The van der Waals surface area contributed by atoms with Gasteiger partial charge in [-0.3, -0.25) is 0 Å². The summed E-state index contributed by atoms with van der Waals surface area (Å²) in [6.45, 7) is 0.138. The van der Waals surface area contributed by atoms with Crippen molar-refractivity contribution >= 4 is 5.97 Å². The second-order valence-corrected chi connectivity index (χ2v) is 4.87. The zero-order valence-corrected chi connectivity index (χ0v) is 11.1. The summed E-state index contributed by atoms with van der Waals surface area (Å²) in [6, 6.07) is 10.1. The predicted octanol–water partition coefficient (Wildman–Crippen LogP) is 2.68. The van der Waals surface area contributed by atoms with E-state index in [1.807, 2.05) is 18.2 Å². The van der Waals surface area contributed by atoms with E-state index >= 15 is 0 Å². The van der Waals surface area contributed by atoms with E-state index in [1.54, 1.807) is 0 Å². The number of carbonyl (C=O) groups excluding carboxylic acids is 1. The number of ether oxygens (including phenoxy) is 2. The van der Waals surface area contributed by atoms with E-state index in [-0.39, 0.29) is 6.61 Å². The maximum Gasteiger partial charge on any atom is 0.343 e. The summed E-state index contributed by atoms with van der Waals surface area (Å²) < 4.78 is 23.5. The second kappa shape index (κ2) is 6.15. The summed E-state index contributed by atoms with van der Waals surface area (Å²) >= 11 is 0. The van der Waals surface area contributed by atoms with E-state index in [9.17, 15) is 9.18 Å². The molecule has 1 heterocycles. The van der Waals surface area contributed by atoms with Crippen molar-refractivity contribution in [2.75, 3.05) is 13.7 Å². The molecule has 0 saturated carbocycles. The van der Waals surface area contributed by atoms with Crippen LogP contribution in [0.2, 0.25) is 0 Å². The lowest BCUT2D eigenvalue weighted by Gasteiger charge is -2.14. The van der Waals surface area contributed by atoms with Crippen LogP contribution >= 0.6 is 0 Å². The first kappa shape index (κ1) is 14.0. The minimum absolute atomic E-state index is 0.138. The lowest BCUT2D eigenvalue weighted by atomic mass is 9.98. The van der Waals surface area contributed by atoms with Crippen LogP contribution in [-0.4, -0.2) is 31.5 Å². The molecule has 1 aromatic rings. The Hall–Kier alpha value is -1.42. The van der Waals surface area contributed by atoms with Gasteiger partial charge in [0, 0.05) is 0 Å². The van der Waals surface area contributed by atoms with Crippen molar-refractivity contribution in [3.8, 4) is 0 Å². The molecular formula is C15H19FO3. The number of halogens is 1. The van der Waals surface area contributed by atoms with Gasteiger partial charge in [-0.05, 0) is 24.8 Å². The van der Waals surface area contributed by atoms with Crippen molar-refractivity contribution < 1.29 is 18.7 Å². The van der Waals surface area contributed by atoms with Gasteiger partial charge < -0.3 is 9.47 Å². The van der Waals surface area contributed by atoms with Gasteiger partial charge in [0.2, 0.25) is 5.60 Å². The molecule has 0 aromatic heterocycles. The summed E-state index contributed by atoms with van der Waals surface area (Å²) in [5.74, 6) is -0.594. The molecule has 19 heavy (non-hydrogen) atoms. The Balaban J connectivity index is 1.70. The van der Waals surface area contributed by atoms with Crippen LogP contribution in [0.1, 0.15) is 24.8 Å². The molecule has 4 heteroatoms. The predicted molar refractivity (Wildman–Crippen MR) is 69.6 cm³/mol. The third-order valence-corrected chi connectivity index (χ3v) is 3.51. The van der Waals surface area contributed by atoms with E-state index in [0.29, 0.717) is 6.42 Å². The first-order chi connectivity index (χ1) is 9.19. The fourth-order valence-corrected chi connectivity index (χ4v) is 2.21. The maximum atomic E-state index is 14.0. The Morgan fingerprint density at radius 1 is 1.42 bits per heavy atom. The maximum absolute atomic E-state index is 14.0. The molecule has 0 N–H and O–H groups in total. The molecule has 1 aromatic carbocycles. The average Bonchev–Trinajstić information content (AvgIpc) is 3.25. The van der Waals surface area contributed by atoms with Crippen LogP contribution in [-0.2, 0) is 20.7 Å². The first-order valence-electron chi connectivity index (χ1n) is 6.59. The number of unbranched alkanes of at least 4 members (excludes halogenated alkanes) is 1. The van der Waals surface area contributed by atoms with E-state index in [4.69, 9.17) is 4.74 Å². The highest BCUT2D eigenvalue weighted by atomic mass is 19.1. The van der Waals surface area contributed by atoms with Crippen molar-refractivity contribution in [1.29, 1.82) is 0 Å². The van der Waals surface area contributed by atoms with Gasteiger partial charge >= 0.3 is 5.97 Å². The van der Waals surface area contributed by atoms with E-state index in [0.717, 1.165) is 19.3 Å². The highest BCUT2D eigenvalue weighted by Crippen LogP contribution is 2.36. The number of epoxide rings is 1. The fraction of sp³-hybridized carbons (Fsp3) is 0.533. The minimum atomic E-state index is -1.30. The number of alkyl halides is 1. The Morgan fingerprint density at radius 2 is 2.11 bits per heavy atom. The molecule has 3 nitrogen and oxygen atoms in total. The normalized spacial score (nSPS) is 22.8. The molecule has 0 radical (unpaired) electrons. The monoisotopic (exact) mass is 266 g/mol. The highest BCUT2D eigenvalue weighted by molar-refractivity contribution is 5.83. The lowest BCUT2D eigenvalue weighted by molar-refractivity contribution is -0.149. The Morgan fingerprint density at radius 3 is 2.68 bits per heavy atom. The van der Waals surface area contributed by atoms with Crippen LogP contribution in [0.4, 0.5) is 4.39 Å². The topological polar surface area (TPSA) is 38.8 Å². The molecule has 2 atom stereocenters. The number of benzene rings is 1. The molecule has 0 aliphatic carbocycles. The van der Waals surface area contributed by atoms with Gasteiger partial charge in [0.25, 0.3) is 0 Å². The summed E-state index contributed by atoms with van der Waals surface area (Å²) in [7, 11) is 1.26. The molecule has 1 aliphatic heterocycles. The zero-order chi connectivity index (χ0) is 13.7. The van der Waals surface area contributed by atoms with Gasteiger partial charge in [-0.2, -0.15) is 0 Å². The number of hydrogen-bond donors (Lipinski definition) is 0. The number of carbonyl (C=O) groups is 1. The van der Waals surface area contributed by atoms with Crippen LogP contribution in [0.3, 0.4) is 0 Å². The zero-order valence-electron chi connectivity index (χ0n) is 11.1. The molecule has 2 rings (SSSR count). The third kappa shape index (κ3) is 3.32. The second-order valence-electron chi connectivity index (χ2n) is 4.87. The van der Waals surface area contributed by atoms with Gasteiger partial charge in [-0.15, -0.1) is 0 Å². The van der Waals surface area contributed by atoms with Gasteiger partial charge in [0.05, 0.1) is 13.7 Å². The van der Waals surface area contributed by atoms with Crippen LogP contribution in [0.15, 0.2) is 30.3 Å². The molecule has 2 unspecified atom stereocenters.